The Bertz CT molecular complexity index is 841. The normalized spacial score (nSPS) is 11.2. The molecule has 0 saturated carbocycles. The monoisotopic (exact) mass is 340 g/mol. The number of allylic oxidation sites excluding steroid dienone is 3. The maximum Gasteiger partial charge on any atom is 0.180 e. The van der Waals surface area contributed by atoms with Crippen LogP contribution in [0.1, 0.15) is 42.5 Å². The van der Waals surface area contributed by atoms with Crippen LogP contribution in [0.2, 0.25) is 0 Å². The number of methoxy groups -OCH3 is 2. The van der Waals surface area contributed by atoms with E-state index >= 15 is 0 Å². The van der Waals surface area contributed by atoms with Crippen molar-refractivity contribution in [1.29, 1.82) is 0 Å². The lowest BCUT2D eigenvalue weighted by atomic mass is 10.0. The second-order valence-electron chi connectivity index (χ2n) is 6.05. The summed E-state index contributed by atoms with van der Waals surface area (Å²) >= 11 is 0. The number of benzene rings is 1. The molecule has 0 spiro atoms. The number of carbonyl (C=O) groups excluding carboxylic acids is 1. The molecule has 0 atom stereocenters. The number of Topliss-reactive ketones (excluding diaryl/α,β-unsaturated/α-hetero) is 1. The second kappa shape index (κ2) is 7.83. The van der Waals surface area contributed by atoms with E-state index in [0.29, 0.717) is 17.2 Å². The van der Waals surface area contributed by atoms with Crippen LogP contribution in [-0.4, -0.2) is 29.8 Å². The summed E-state index contributed by atoms with van der Waals surface area (Å²) in [6.07, 6.45) is 3.98. The van der Waals surface area contributed by atoms with Gasteiger partial charge in [0, 0.05) is 24.4 Å². The van der Waals surface area contributed by atoms with Crippen LogP contribution in [-0.2, 0) is 0 Å². The van der Waals surface area contributed by atoms with Crippen LogP contribution in [0.5, 0.6) is 11.5 Å². The van der Waals surface area contributed by atoms with Crippen LogP contribution in [0.4, 0.5) is 0 Å². The summed E-state index contributed by atoms with van der Waals surface area (Å²) in [7, 11) is 3.23. The fourth-order valence-electron chi connectivity index (χ4n) is 2.44. The first-order chi connectivity index (χ1) is 11.8. The molecule has 0 saturated heterocycles. The molecule has 0 N–H and O–H groups in total. The minimum absolute atomic E-state index is 0.0508. The van der Waals surface area contributed by atoms with Gasteiger partial charge in [0.15, 0.2) is 17.3 Å². The van der Waals surface area contributed by atoms with E-state index in [1.807, 2.05) is 45.2 Å². The second-order valence-corrected chi connectivity index (χ2v) is 6.05. The van der Waals surface area contributed by atoms with Crippen LogP contribution in [0.25, 0.3) is 11.8 Å². The number of ether oxygens (including phenoxy) is 2. The first kappa shape index (κ1) is 18.5. The van der Waals surface area contributed by atoms with E-state index in [9.17, 15) is 4.79 Å². The summed E-state index contributed by atoms with van der Waals surface area (Å²) in [6.45, 7) is 7.50. The Morgan fingerprint density at radius 1 is 1.08 bits per heavy atom. The lowest BCUT2D eigenvalue weighted by molar-refractivity contribution is 0.101. The van der Waals surface area contributed by atoms with Crippen molar-refractivity contribution in [3.05, 3.63) is 52.9 Å². The molecule has 5 nitrogen and oxygen atoms in total. The van der Waals surface area contributed by atoms with Crippen molar-refractivity contribution in [2.45, 2.75) is 27.7 Å². The van der Waals surface area contributed by atoms with Gasteiger partial charge in [-0.05, 0) is 44.5 Å². The Labute approximate surface area is 148 Å². The minimum atomic E-state index is -0.0508. The van der Waals surface area contributed by atoms with Gasteiger partial charge in [0.2, 0.25) is 0 Å². The first-order valence-corrected chi connectivity index (χ1v) is 8.02. The van der Waals surface area contributed by atoms with Crippen molar-refractivity contribution in [1.82, 2.24) is 9.78 Å². The Hall–Kier alpha value is -2.82. The van der Waals surface area contributed by atoms with Crippen molar-refractivity contribution < 1.29 is 14.3 Å². The Morgan fingerprint density at radius 3 is 2.28 bits per heavy atom. The molecule has 1 aromatic carbocycles. The van der Waals surface area contributed by atoms with E-state index in [4.69, 9.17) is 9.47 Å². The number of ketones is 1. The summed E-state index contributed by atoms with van der Waals surface area (Å²) in [4.78, 5) is 11.6. The van der Waals surface area contributed by atoms with Crippen molar-refractivity contribution in [3.63, 3.8) is 0 Å². The molecule has 0 fully saturated rings. The topological polar surface area (TPSA) is 53.4 Å². The highest BCUT2D eigenvalue weighted by Crippen LogP contribution is 2.31. The number of rotatable bonds is 6. The van der Waals surface area contributed by atoms with E-state index in [0.717, 1.165) is 22.4 Å². The van der Waals surface area contributed by atoms with Gasteiger partial charge in [-0.3, -0.25) is 4.79 Å². The number of aromatic nitrogens is 2. The Balaban J connectivity index is 2.57. The molecule has 1 heterocycles. The molecule has 0 bridgehead atoms. The lowest BCUT2D eigenvalue weighted by Gasteiger charge is -2.11. The highest BCUT2D eigenvalue weighted by molar-refractivity contribution is 5.92. The molecule has 2 aromatic rings. The SMILES string of the molecule is COc1ccc(/C(C=C(C)C)=C/n2nc(C(C)=O)cc2C)cc1OC. The zero-order valence-corrected chi connectivity index (χ0v) is 15.6. The van der Waals surface area contributed by atoms with Crippen LogP contribution in [0.3, 0.4) is 0 Å². The number of nitrogens with zero attached hydrogens (tertiary/aromatic N) is 2. The van der Waals surface area contributed by atoms with Gasteiger partial charge in [-0.15, -0.1) is 0 Å². The molecule has 25 heavy (non-hydrogen) atoms. The Kier molecular flexibility index (Phi) is 5.80. The molecule has 0 radical (unpaired) electrons. The van der Waals surface area contributed by atoms with Gasteiger partial charge in [0.25, 0.3) is 0 Å². The Morgan fingerprint density at radius 2 is 1.76 bits per heavy atom. The van der Waals surface area contributed by atoms with E-state index in [2.05, 4.69) is 11.2 Å². The lowest BCUT2D eigenvalue weighted by Crippen LogP contribution is -1.98. The van der Waals surface area contributed by atoms with E-state index in [-0.39, 0.29) is 5.78 Å². The van der Waals surface area contributed by atoms with Gasteiger partial charge in [0.05, 0.1) is 14.2 Å². The van der Waals surface area contributed by atoms with Crippen LogP contribution in [0, 0.1) is 6.92 Å². The third kappa shape index (κ3) is 4.38. The fraction of sp³-hybridized carbons (Fsp3) is 0.300. The molecule has 0 aliphatic heterocycles. The summed E-state index contributed by atoms with van der Waals surface area (Å²) in [5.41, 5.74) is 4.43. The van der Waals surface area contributed by atoms with E-state index in [1.165, 1.54) is 6.92 Å². The van der Waals surface area contributed by atoms with Gasteiger partial charge in [0.1, 0.15) is 5.69 Å². The molecular formula is C20H24N2O3. The van der Waals surface area contributed by atoms with Gasteiger partial charge in [-0.1, -0.05) is 17.7 Å². The molecule has 0 aliphatic rings. The van der Waals surface area contributed by atoms with Gasteiger partial charge < -0.3 is 9.47 Å². The van der Waals surface area contributed by atoms with Crippen LogP contribution < -0.4 is 9.47 Å². The highest BCUT2D eigenvalue weighted by atomic mass is 16.5. The fourth-order valence-corrected chi connectivity index (χ4v) is 2.44. The zero-order valence-electron chi connectivity index (χ0n) is 15.6. The van der Waals surface area contributed by atoms with E-state index < -0.39 is 0 Å². The maximum atomic E-state index is 11.6. The highest BCUT2D eigenvalue weighted by Gasteiger charge is 2.10. The molecule has 0 unspecified atom stereocenters. The van der Waals surface area contributed by atoms with Crippen molar-refractivity contribution >= 4 is 17.6 Å². The van der Waals surface area contributed by atoms with E-state index in [1.54, 1.807) is 25.0 Å². The first-order valence-electron chi connectivity index (χ1n) is 8.02. The summed E-state index contributed by atoms with van der Waals surface area (Å²) in [5.74, 6) is 1.29. The van der Waals surface area contributed by atoms with Gasteiger partial charge in [-0.25, -0.2) is 4.68 Å². The number of aryl methyl sites for hydroxylation is 1. The largest absolute Gasteiger partial charge is 0.493 e. The predicted molar refractivity (Wildman–Crippen MR) is 100 cm³/mol. The quantitative estimate of drug-likeness (QED) is 0.578. The molecule has 1 aromatic heterocycles. The van der Waals surface area contributed by atoms with Crippen molar-refractivity contribution in [2.24, 2.45) is 0 Å². The average molecular weight is 340 g/mol. The third-order valence-electron chi connectivity index (χ3n) is 3.71. The molecule has 2 rings (SSSR count). The molecule has 0 amide bonds. The average Bonchev–Trinajstić information content (AvgIpc) is 2.94. The molecule has 0 aliphatic carbocycles. The summed E-state index contributed by atoms with van der Waals surface area (Å²) < 4.78 is 12.4. The number of hydrogen-bond donors (Lipinski definition) is 0. The maximum absolute atomic E-state index is 11.6. The summed E-state index contributed by atoms with van der Waals surface area (Å²) in [5, 5.41) is 4.36. The van der Waals surface area contributed by atoms with Crippen molar-refractivity contribution in [3.8, 4) is 11.5 Å². The van der Waals surface area contributed by atoms with Crippen molar-refractivity contribution in [2.75, 3.05) is 14.2 Å². The smallest absolute Gasteiger partial charge is 0.180 e. The zero-order chi connectivity index (χ0) is 18.6. The number of hydrogen-bond acceptors (Lipinski definition) is 4. The summed E-state index contributed by atoms with van der Waals surface area (Å²) in [6, 6.07) is 7.55. The molecule has 5 heteroatoms. The predicted octanol–water partition coefficient (Wildman–Crippen LogP) is 4.38. The van der Waals surface area contributed by atoms with Gasteiger partial charge in [-0.2, -0.15) is 5.10 Å². The van der Waals surface area contributed by atoms with Crippen LogP contribution in [0.15, 0.2) is 35.9 Å². The molecular weight excluding hydrogens is 316 g/mol. The molecule has 132 valence electrons. The standard InChI is InChI=1S/C20H24N2O3/c1-13(2)9-17(12-22-14(3)10-18(21-22)15(4)23)16-7-8-19(24-5)20(11-16)25-6/h7-12H,1-6H3/b17-12+. The van der Waals surface area contributed by atoms with Gasteiger partial charge >= 0.3 is 0 Å². The minimum Gasteiger partial charge on any atom is -0.493 e. The van der Waals surface area contributed by atoms with Crippen LogP contribution >= 0.6 is 0 Å². The number of carbonyl (C=O) groups is 1. The third-order valence-corrected chi connectivity index (χ3v) is 3.71.